The molecule has 5 heteroatoms. The van der Waals surface area contributed by atoms with Crippen molar-refractivity contribution in [1.29, 1.82) is 0 Å². The number of allylic oxidation sites excluding steroid dienone is 3. The summed E-state index contributed by atoms with van der Waals surface area (Å²) in [5.74, 6) is -0.116. The van der Waals surface area contributed by atoms with Gasteiger partial charge in [0.2, 0.25) is 0 Å². The molecule has 0 aromatic rings. The SMILES string of the molecule is CCCCCCCCCCCCCCCCCC1C=CC=CC1(CC)S(=O)(=O)O.[H-].[Na+]. The molecule has 0 amide bonds. The Hall–Kier alpha value is 0.390. The van der Waals surface area contributed by atoms with Crippen molar-refractivity contribution in [3.8, 4) is 0 Å². The Morgan fingerprint density at radius 3 is 1.60 bits per heavy atom. The Kier molecular flexibility index (Phi) is 18.1. The average molecular weight is 451 g/mol. The summed E-state index contributed by atoms with van der Waals surface area (Å²) in [6, 6.07) is 0. The summed E-state index contributed by atoms with van der Waals surface area (Å²) in [6.07, 6.45) is 28.5. The minimum Gasteiger partial charge on any atom is -1.00 e. The Balaban J connectivity index is 0. The zero-order valence-electron chi connectivity index (χ0n) is 21.1. The molecule has 0 saturated carbocycles. The maximum absolute atomic E-state index is 12.0. The fraction of sp³-hybridized carbons (Fsp3) is 0.840. The molecule has 0 spiro atoms. The van der Waals surface area contributed by atoms with Crippen molar-refractivity contribution in [2.75, 3.05) is 0 Å². The first-order valence-corrected chi connectivity index (χ1v) is 13.7. The van der Waals surface area contributed by atoms with E-state index in [4.69, 9.17) is 0 Å². The van der Waals surface area contributed by atoms with Crippen LogP contribution in [-0.2, 0) is 10.1 Å². The molecule has 0 bridgehead atoms. The molecule has 1 aliphatic carbocycles. The molecular formula is C25H47NaO3S. The van der Waals surface area contributed by atoms with E-state index in [1.165, 1.54) is 83.5 Å². The molecule has 1 rings (SSSR count). The number of rotatable bonds is 18. The van der Waals surface area contributed by atoms with Crippen molar-refractivity contribution in [2.45, 2.75) is 128 Å². The first-order valence-electron chi connectivity index (χ1n) is 12.3. The van der Waals surface area contributed by atoms with Crippen LogP contribution in [0.4, 0.5) is 0 Å². The molecule has 0 fully saturated rings. The van der Waals surface area contributed by atoms with Gasteiger partial charge in [-0.1, -0.05) is 134 Å². The molecule has 0 aliphatic heterocycles. The second-order valence-corrected chi connectivity index (χ2v) is 10.6. The van der Waals surface area contributed by atoms with E-state index < -0.39 is 14.9 Å². The molecule has 0 saturated heterocycles. The van der Waals surface area contributed by atoms with Crippen LogP contribution >= 0.6 is 0 Å². The van der Waals surface area contributed by atoms with Crippen LogP contribution in [0.5, 0.6) is 0 Å². The van der Waals surface area contributed by atoms with Crippen molar-refractivity contribution in [1.82, 2.24) is 0 Å². The largest absolute Gasteiger partial charge is 1.00 e. The summed E-state index contributed by atoms with van der Waals surface area (Å²) in [5.41, 5.74) is 0. The second-order valence-electron chi connectivity index (χ2n) is 8.87. The fourth-order valence-electron chi connectivity index (χ4n) is 4.62. The molecule has 1 N–H and O–H groups in total. The van der Waals surface area contributed by atoms with Crippen LogP contribution in [0.2, 0.25) is 0 Å². The minimum absolute atomic E-state index is 0. The summed E-state index contributed by atoms with van der Waals surface area (Å²) >= 11 is 0. The molecule has 2 unspecified atom stereocenters. The third-order valence-corrected chi connectivity index (χ3v) is 8.30. The van der Waals surface area contributed by atoms with E-state index in [2.05, 4.69) is 6.92 Å². The summed E-state index contributed by atoms with van der Waals surface area (Å²) in [4.78, 5) is 0. The van der Waals surface area contributed by atoms with Gasteiger partial charge in [-0.2, -0.15) is 8.42 Å². The normalized spacial score (nSPS) is 21.0. The topological polar surface area (TPSA) is 54.4 Å². The van der Waals surface area contributed by atoms with E-state index in [9.17, 15) is 13.0 Å². The smallest absolute Gasteiger partial charge is 1.00 e. The van der Waals surface area contributed by atoms with Crippen molar-refractivity contribution >= 4 is 10.1 Å². The molecule has 0 heterocycles. The van der Waals surface area contributed by atoms with Gasteiger partial charge in [0.1, 0.15) is 4.75 Å². The van der Waals surface area contributed by atoms with Gasteiger partial charge in [0.05, 0.1) is 0 Å². The van der Waals surface area contributed by atoms with Gasteiger partial charge in [-0.25, -0.2) is 0 Å². The number of hydrogen-bond acceptors (Lipinski definition) is 2. The van der Waals surface area contributed by atoms with Crippen LogP contribution < -0.4 is 29.6 Å². The van der Waals surface area contributed by atoms with Gasteiger partial charge < -0.3 is 1.43 Å². The maximum Gasteiger partial charge on any atom is 1.00 e. The molecular weight excluding hydrogens is 403 g/mol. The van der Waals surface area contributed by atoms with E-state index in [0.29, 0.717) is 6.42 Å². The first-order chi connectivity index (χ1) is 14.0. The van der Waals surface area contributed by atoms with Gasteiger partial charge in [-0.3, -0.25) is 4.55 Å². The molecule has 0 radical (unpaired) electrons. The van der Waals surface area contributed by atoms with Gasteiger partial charge in [0.15, 0.2) is 0 Å². The van der Waals surface area contributed by atoms with E-state index in [0.717, 1.165) is 19.3 Å². The van der Waals surface area contributed by atoms with Crippen molar-refractivity contribution in [2.24, 2.45) is 5.92 Å². The van der Waals surface area contributed by atoms with Gasteiger partial charge in [-0.15, -0.1) is 0 Å². The van der Waals surface area contributed by atoms with Crippen molar-refractivity contribution in [3.63, 3.8) is 0 Å². The van der Waals surface area contributed by atoms with Gasteiger partial charge >= 0.3 is 29.6 Å². The Bertz CT molecular complexity index is 577. The average Bonchev–Trinajstić information content (AvgIpc) is 2.70. The first kappa shape index (κ1) is 30.4. The van der Waals surface area contributed by atoms with E-state index in [1.54, 1.807) is 12.2 Å². The molecule has 2 atom stereocenters. The van der Waals surface area contributed by atoms with Crippen LogP contribution in [0.15, 0.2) is 24.3 Å². The molecule has 30 heavy (non-hydrogen) atoms. The predicted molar refractivity (Wildman–Crippen MR) is 127 cm³/mol. The molecule has 0 aromatic carbocycles. The van der Waals surface area contributed by atoms with E-state index >= 15 is 0 Å². The van der Waals surface area contributed by atoms with E-state index in [1.807, 2.05) is 19.1 Å². The van der Waals surface area contributed by atoms with Crippen LogP contribution in [0.25, 0.3) is 0 Å². The Morgan fingerprint density at radius 1 is 0.767 bits per heavy atom. The van der Waals surface area contributed by atoms with Gasteiger partial charge in [0, 0.05) is 5.92 Å². The third kappa shape index (κ3) is 11.3. The third-order valence-electron chi connectivity index (χ3n) is 6.61. The quantitative estimate of drug-likeness (QED) is 0.179. The minimum atomic E-state index is -4.10. The standard InChI is InChI=1S/C25H46O3S.Na.H/c1-3-5-6-7-8-9-10-11-12-13-14-15-16-17-18-21-24-22-19-20-23-25(24,4-2)29(26,27)28;;/h19-20,22-24H,3-18,21H2,1-2H3,(H,26,27,28);;/q;+1;-1. The maximum atomic E-state index is 12.0. The zero-order chi connectivity index (χ0) is 21.4. The Labute approximate surface area is 211 Å². The van der Waals surface area contributed by atoms with Crippen LogP contribution in [0, 0.1) is 5.92 Å². The number of unbranched alkanes of at least 4 members (excludes halogenated alkanes) is 14. The molecule has 0 aromatic heterocycles. The zero-order valence-corrected chi connectivity index (χ0v) is 22.9. The van der Waals surface area contributed by atoms with Crippen LogP contribution in [0.1, 0.15) is 124 Å². The van der Waals surface area contributed by atoms with Crippen molar-refractivity contribution < 1.29 is 44.0 Å². The predicted octanol–water partition coefficient (Wildman–Crippen LogP) is 5.14. The summed E-state index contributed by atoms with van der Waals surface area (Å²) in [7, 11) is -4.10. The number of hydrogen-bond donors (Lipinski definition) is 1. The molecule has 3 nitrogen and oxygen atoms in total. The van der Waals surface area contributed by atoms with E-state index in [-0.39, 0.29) is 36.9 Å². The summed E-state index contributed by atoms with van der Waals surface area (Å²) in [5, 5.41) is 0. The van der Waals surface area contributed by atoms with Gasteiger partial charge in [0.25, 0.3) is 10.1 Å². The van der Waals surface area contributed by atoms with Crippen molar-refractivity contribution in [3.05, 3.63) is 24.3 Å². The summed E-state index contributed by atoms with van der Waals surface area (Å²) < 4.78 is 32.6. The monoisotopic (exact) mass is 450 g/mol. The molecule has 172 valence electrons. The Morgan fingerprint density at radius 2 is 1.20 bits per heavy atom. The van der Waals surface area contributed by atoms with Crippen LogP contribution in [0.3, 0.4) is 0 Å². The van der Waals surface area contributed by atoms with Crippen LogP contribution in [-0.4, -0.2) is 17.7 Å². The molecule has 1 aliphatic rings. The van der Waals surface area contributed by atoms with Gasteiger partial charge in [-0.05, 0) is 12.8 Å². The second kappa shape index (κ2) is 17.9. The fourth-order valence-corrected chi connectivity index (χ4v) is 5.81. The summed E-state index contributed by atoms with van der Waals surface area (Å²) in [6.45, 7) is 4.11.